The van der Waals surface area contributed by atoms with Gasteiger partial charge in [0.05, 0.1) is 5.56 Å². The minimum atomic E-state index is -4.26. The molecule has 0 bridgehead atoms. The van der Waals surface area contributed by atoms with Crippen LogP contribution in [0.1, 0.15) is 30.9 Å². The van der Waals surface area contributed by atoms with Crippen molar-refractivity contribution in [2.75, 3.05) is 6.54 Å². The van der Waals surface area contributed by atoms with Crippen LogP contribution in [0.4, 0.5) is 13.2 Å². The van der Waals surface area contributed by atoms with Crippen molar-refractivity contribution in [2.24, 2.45) is 0 Å². The fraction of sp³-hybridized carbons (Fsp3) is 0.538. The number of hydrogen-bond acceptors (Lipinski definition) is 1. The second-order valence-corrected chi connectivity index (χ2v) is 5.46. The smallest absolute Gasteiger partial charge is 0.313 e. The van der Waals surface area contributed by atoms with Gasteiger partial charge in [0.25, 0.3) is 0 Å². The molecule has 1 aromatic carbocycles. The molecule has 18 heavy (non-hydrogen) atoms. The van der Waals surface area contributed by atoms with Gasteiger partial charge in [0, 0.05) is 11.4 Å². The first-order valence-corrected chi connectivity index (χ1v) is 6.86. The van der Waals surface area contributed by atoms with E-state index < -0.39 is 11.7 Å². The molecular weight excluding hydrogens is 307 g/mol. The van der Waals surface area contributed by atoms with Crippen molar-refractivity contribution in [3.63, 3.8) is 0 Å². The third-order valence-corrected chi connectivity index (χ3v) is 3.77. The monoisotopic (exact) mass is 323 g/mol. The van der Waals surface area contributed by atoms with Crippen LogP contribution in [-0.4, -0.2) is 11.4 Å². The zero-order valence-corrected chi connectivity index (χ0v) is 11.8. The molecule has 5 heteroatoms. The van der Waals surface area contributed by atoms with Gasteiger partial charge in [-0.25, -0.2) is 0 Å². The Morgan fingerprint density at radius 1 is 1.33 bits per heavy atom. The van der Waals surface area contributed by atoms with Crippen molar-refractivity contribution < 1.29 is 13.2 Å². The Labute approximate surface area is 114 Å². The largest absolute Gasteiger partial charge is 0.416 e. The van der Waals surface area contributed by atoms with Crippen LogP contribution in [0.3, 0.4) is 0 Å². The summed E-state index contributed by atoms with van der Waals surface area (Å²) in [5.74, 6) is 0. The minimum absolute atomic E-state index is 0.464. The van der Waals surface area contributed by atoms with E-state index in [1.165, 1.54) is 12.1 Å². The molecule has 0 radical (unpaired) electrons. The molecule has 1 nitrogen and oxygen atoms in total. The average molecular weight is 324 g/mol. The normalized spacial score (nSPS) is 13.6. The van der Waals surface area contributed by atoms with Crippen LogP contribution in [0.25, 0.3) is 0 Å². The van der Waals surface area contributed by atoms with E-state index in [0.717, 1.165) is 25.5 Å². The molecule has 0 aliphatic carbocycles. The molecule has 1 aromatic rings. The quantitative estimate of drug-likeness (QED) is 0.606. The number of nitrogens with one attached hydrogen (secondary N) is 1. The molecule has 102 valence electrons. The van der Waals surface area contributed by atoms with Crippen molar-refractivity contribution in [1.82, 2.24) is 5.32 Å². The van der Waals surface area contributed by atoms with Gasteiger partial charge in [0.15, 0.2) is 0 Å². The van der Waals surface area contributed by atoms with Crippen LogP contribution in [0.5, 0.6) is 0 Å². The van der Waals surface area contributed by atoms with Gasteiger partial charge < -0.3 is 5.32 Å². The van der Waals surface area contributed by atoms with Crippen LogP contribution in [0, 0.1) is 0 Å². The van der Waals surface area contributed by atoms with Crippen molar-refractivity contribution in [3.8, 4) is 0 Å². The van der Waals surface area contributed by atoms with Crippen LogP contribution in [0.15, 0.2) is 24.3 Å². The lowest BCUT2D eigenvalue weighted by Gasteiger charge is -2.10. The summed E-state index contributed by atoms with van der Waals surface area (Å²) in [5, 5.41) is 3.15. The van der Waals surface area contributed by atoms with Crippen molar-refractivity contribution in [2.45, 2.75) is 37.3 Å². The molecular formula is C13H17BrF3N. The summed E-state index contributed by atoms with van der Waals surface area (Å²) in [6.45, 7) is 3.35. The lowest BCUT2D eigenvalue weighted by molar-refractivity contribution is -0.137. The molecule has 0 saturated carbocycles. The van der Waals surface area contributed by atoms with Crippen molar-refractivity contribution >= 4 is 15.9 Å². The predicted molar refractivity (Wildman–Crippen MR) is 70.8 cm³/mol. The van der Waals surface area contributed by atoms with Crippen LogP contribution in [-0.2, 0) is 12.7 Å². The molecule has 1 rings (SSSR count). The maximum atomic E-state index is 12.5. The summed E-state index contributed by atoms with van der Waals surface area (Å²) in [5.41, 5.74) is 0.0705. The maximum absolute atomic E-state index is 12.5. The molecule has 1 atom stereocenters. The summed E-state index contributed by atoms with van der Waals surface area (Å²) in [6.07, 6.45) is -2.25. The van der Waals surface area contributed by atoms with Crippen molar-refractivity contribution in [1.29, 1.82) is 0 Å². The van der Waals surface area contributed by atoms with Gasteiger partial charge in [0.1, 0.15) is 0 Å². The third kappa shape index (κ3) is 5.40. The summed E-state index contributed by atoms with van der Waals surface area (Å²) >= 11 is 3.51. The Bertz CT molecular complexity index is 365. The van der Waals surface area contributed by atoms with E-state index in [1.807, 2.05) is 0 Å². The second-order valence-electron chi connectivity index (χ2n) is 4.17. The van der Waals surface area contributed by atoms with E-state index in [9.17, 15) is 13.2 Å². The van der Waals surface area contributed by atoms with Gasteiger partial charge in [-0.1, -0.05) is 41.1 Å². The number of hydrogen-bond donors (Lipinski definition) is 1. The van der Waals surface area contributed by atoms with Crippen molar-refractivity contribution in [3.05, 3.63) is 35.4 Å². The summed E-state index contributed by atoms with van der Waals surface area (Å²) in [6, 6.07) is 5.43. The number of halogens is 4. The van der Waals surface area contributed by atoms with E-state index in [0.29, 0.717) is 16.9 Å². The second kappa shape index (κ2) is 7.14. The molecule has 0 amide bonds. The third-order valence-electron chi connectivity index (χ3n) is 2.66. The first kappa shape index (κ1) is 15.5. The topological polar surface area (TPSA) is 12.0 Å². The standard InChI is InChI=1S/C13H17BrF3N/c1-2-12(14)6-7-18-9-10-4-3-5-11(8-10)13(15,16)17/h3-5,8,12,18H,2,6-7,9H2,1H3. The van der Waals surface area contributed by atoms with E-state index in [4.69, 9.17) is 0 Å². The highest BCUT2D eigenvalue weighted by atomic mass is 79.9. The predicted octanol–water partition coefficient (Wildman–Crippen LogP) is 4.36. The Balaban J connectivity index is 2.43. The van der Waals surface area contributed by atoms with E-state index in [2.05, 4.69) is 28.2 Å². The number of rotatable bonds is 6. The minimum Gasteiger partial charge on any atom is -0.313 e. The molecule has 0 heterocycles. The fourth-order valence-electron chi connectivity index (χ4n) is 1.55. The molecule has 0 aliphatic rings. The SMILES string of the molecule is CCC(Br)CCNCc1cccc(C(F)(F)F)c1. The van der Waals surface area contributed by atoms with Gasteiger partial charge >= 0.3 is 6.18 Å². The molecule has 0 saturated heterocycles. The number of alkyl halides is 4. The Morgan fingerprint density at radius 2 is 2.06 bits per heavy atom. The molecule has 0 aromatic heterocycles. The molecule has 1 unspecified atom stereocenters. The van der Waals surface area contributed by atoms with E-state index >= 15 is 0 Å². The van der Waals surface area contributed by atoms with Gasteiger partial charge in [0.2, 0.25) is 0 Å². The van der Waals surface area contributed by atoms with Gasteiger partial charge in [-0.3, -0.25) is 0 Å². The molecule has 0 fully saturated rings. The Kier molecular flexibility index (Phi) is 6.15. The van der Waals surface area contributed by atoms with E-state index in [-0.39, 0.29) is 0 Å². The van der Waals surface area contributed by atoms with E-state index in [1.54, 1.807) is 6.07 Å². The Morgan fingerprint density at radius 3 is 2.67 bits per heavy atom. The van der Waals surface area contributed by atoms with Crippen LogP contribution >= 0.6 is 15.9 Å². The lowest BCUT2D eigenvalue weighted by atomic mass is 10.1. The van der Waals surface area contributed by atoms with Crippen LogP contribution in [0.2, 0.25) is 0 Å². The summed E-state index contributed by atoms with van der Waals surface area (Å²) in [4.78, 5) is 0.464. The molecule has 0 aliphatic heterocycles. The molecule has 1 N–H and O–H groups in total. The van der Waals surface area contributed by atoms with Gasteiger partial charge in [-0.2, -0.15) is 13.2 Å². The Hall–Kier alpha value is -0.550. The highest BCUT2D eigenvalue weighted by Gasteiger charge is 2.30. The number of benzene rings is 1. The first-order valence-electron chi connectivity index (χ1n) is 5.94. The zero-order valence-electron chi connectivity index (χ0n) is 10.2. The fourth-order valence-corrected chi connectivity index (χ4v) is 1.78. The average Bonchev–Trinajstić information content (AvgIpc) is 2.33. The molecule has 0 spiro atoms. The first-order chi connectivity index (χ1) is 8.43. The van der Waals surface area contributed by atoms with Gasteiger partial charge in [-0.15, -0.1) is 0 Å². The lowest BCUT2D eigenvalue weighted by Crippen LogP contribution is -2.18. The van der Waals surface area contributed by atoms with Gasteiger partial charge in [-0.05, 0) is 31.0 Å². The summed E-state index contributed by atoms with van der Waals surface area (Å²) in [7, 11) is 0. The maximum Gasteiger partial charge on any atom is 0.416 e. The zero-order chi connectivity index (χ0) is 13.6. The summed E-state index contributed by atoms with van der Waals surface area (Å²) < 4.78 is 37.4. The highest BCUT2D eigenvalue weighted by molar-refractivity contribution is 9.09. The van der Waals surface area contributed by atoms with Crippen LogP contribution < -0.4 is 5.32 Å². The highest BCUT2D eigenvalue weighted by Crippen LogP contribution is 2.29.